The number of carbonyl (C=O) groups is 1. The van der Waals surface area contributed by atoms with E-state index in [1.165, 1.54) is 0 Å². The van der Waals surface area contributed by atoms with Crippen molar-refractivity contribution in [2.45, 2.75) is 39.7 Å². The van der Waals surface area contributed by atoms with Gasteiger partial charge in [0.25, 0.3) is 0 Å². The van der Waals surface area contributed by atoms with Crippen molar-refractivity contribution in [3.05, 3.63) is 29.8 Å². The molecule has 0 bridgehead atoms. The fourth-order valence-electron chi connectivity index (χ4n) is 1.96. The Morgan fingerprint density at radius 2 is 2.00 bits per heavy atom. The summed E-state index contributed by atoms with van der Waals surface area (Å²) in [5, 5.41) is 15.2. The van der Waals surface area contributed by atoms with Gasteiger partial charge in [-0.25, -0.2) is 4.79 Å². The summed E-state index contributed by atoms with van der Waals surface area (Å²) in [5.41, 5.74) is 1.92. The molecule has 0 spiro atoms. The Labute approximate surface area is 115 Å². The smallest absolute Gasteiger partial charge is 0.319 e. The van der Waals surface area contributed by atoms with Crippen LogP contribution in [0.25, 0.3) is 0 Å². The van der Waals surface area contributed by atoms with Crippen LogP contribution in [0.2, 0.25) is 0 Å². The second-order valence-electron chi connectivity index (χ2n) is 5.13. The molecule has 0 aliphatic rings. The second kappa shape index (κ2) is 7.79. The molecule has 0 radical (unpaired) electrons. The van der Waals surface area contributed by atoms with E-state index in [1.54, 1.807) is 0 Å². The highest BCUT2D eigenvalue weighted by atomic mass is 16.3. The average Bonchev–Trinajstić information content (AvgIpc) is 2.36. The third-order valence-electron chi connectivity index (χ3n) is 2.89. The molecule has 4 nitrogen and oxygen atoms in total. The topological polar surface area (TPSA) is 61.4 Å². The van der Waals surface area contributed by atoms with Gasteiger partial charge in [-0.15, -0.1) is 0 Å². The number of anilines is 1. The number of hydrogen-bond acceptors (Lipinski definition) is 2. The molecule has 1 rings (SSSR count). The summed E-state index contributed by atoms with van der Waals surface area (Å²) >= 11 is 0. The second-order valence-corrected chi connectivity index (χ2v) is 5.13. The van der Waals surface area contributed by atoms with Gasteiger partial charge in [0.2, 0.25) is 0 Å². The molecule has 19 heavy (non-hydrogen) atoms. The molecule has 0 saturated heterocycles. The van der Waals surface area contributed by atoms with Gasteiger partial charge in [-0.1, -0.05) is 39.0 Å². The van der Waals surface area contributed by atoms with Crippen LogP contribution in [0.4, 0.5) is 10.5 Å². The standard InChI is InChI=1S/C15H24N2O2/c1-4-12-7-5-6-8-14(12)17-15(19)16-10-13(18)9-11(2)3/h5-8,11,13,18H,4,9-10H2,1-3H3,(H2,16,17,19). The van der Waals surface area contributed by atoms with E-state index in [9.17, 15) is 9.90 Å². The lowest BCUT2D eigenvalue weighted by atomic mass is 10.1. The number of hydrogen-bond donors (Lipinski definition) is 3. The summed E-state index contributed by atoms with van der Waals surface area (Å²) in [4.78, 5) is 11.7. The monoisotopic (exact) mass is 264 g/mol. The first-order valence-electron chi connectivity index (χ1n) is 6.83. The lowest BCUT2D eigenvalue weighted by molar-refractivity contribution is 0.148. The fraction of sp³-hybridized carbons (Fsp3) is 0.533. The Morgan fingerprint density at radius 1 is 1.32 bits per heavy atom. The number of carbonyl (C=O) groups excluding carboxylic acids is 1. The zero-order valence-corrected chi connectivity index (χ0v) is 11.9. The van der Waals surface area contributed by atoms with Crippen LogP contribution in [-0.2, 0) is 6.42 Å². The van der Waals surface area contributed by atoms with Gasteiger partial charge >= 0.3 is 6.03 Å². The van der Waals surface area contributed by atoms with E-state index in [0.29, 0.717) is 12.3 Å². The largest absolute Gasteiger partial charge is 0.391 e. The van der Waals surface area contributed by atoms with Gasteiger partial charge in [0.05, 0.1) is 6.10 Å². The normalized spacial score (nSPS) is 12.3. The number of nitrogens with one attached hydrogen (secondary N) is 2. The number of aryl methyl sites for hydroxylation is 1. The van der Waals surface area contributed by atoms with E-state index in [0.717, 1.165) is 17.7 Å². The van der Waals surface area contributed by atoms with Crippen molar-refractivity contribution in [3.8, 4) is 0 Å². The van der Waals surface area contributed by atoms with Gasteiger partial charge < -0.3 is 15.7 Å². The summed E-state index contributed by atoms with van der Waals surface area (Å²) in [5.74, 6) is 0.417. The Balaban J connectivity index is 2.43. The summed E-state index contributed by atoms with van der Waals surface area (Å²) in [6.45, 7) is 6.41. The number of urea groups is 1. The molecule has 0 aliphatic heterocycles. The van der Waals surface area contributed by atoms with Crippen LogP contribution in [0, 0.1) is 5.92 Å². The van der Waals surface area contributed by atoms with Crippen molar-refractivity contribution >= 4 is 11.7 Å². The van der Waals surface area contributed by atoms with Crippen LogP contribution in [-0.4, -0.2) is 23.8 Å². The first kappa shape index (κ1) is 15.5. The summed E-state index contributed by atoms with van der Waals surface area (Å²) in [6, 6.07) is 7.44. The van der Waals surface area contributed by atoms with Gasteiger partial charge in [-0.05, 0) is 30.4 Å². The lowest BCUT2D eigenvalue weighted by Gasteiger charge is -2.15. The van der Waals surface area contributed by atoms with E-state index in [-0.39, 0.29) is 12.6 Å². The highest BCUT2D eigenvalue weighted by molar-refractivity contribution is 5.90. The number of rotatable bonds is 6. The third kappa shape index (κ3) is 5.75. The Bertz CT molecular complexity index is 405. The minimum absolute atomic E-state index is 0.274. The van der Waals surface area contributed by atoms with E-state index < -0.39 is 6.10 Å². The Hall–Kier alpha value is -1.55. The molecule has 0 fully saturated rings. The molecule has 0 heterocycles. The number of amides is 2. The number of aliphatic hydroxyl groups excluding tert-OH is 1. The van der Waals surface area contributed by atoms with Gasteiger partial charge in [-0.2, -0.15) is 0 Å². The van der Waals surface area contributed by atoms with Gasteiger partial charge in [-0.3, -0.25) is 0 Å². The predicted molar refractivity (Wildman–Crippen MR) is 78.3 cm³/mol. The molecule has 1 atom stereocenters. The van der Waals surface area contributed by atoms with Crippen LogP contribution < -0.4 is 10.6 Å². The molecule has 3 N–H and O–H groups in total. The third-order valence-corrected chi connectivity index (χ3v) is 2.89. The molecule has 4 heteroatoms. The van der Waals surface area contributed by atoms with Crippen LogP contribution in [0.1, 0.15) is 32.8 Å². The molecular weight excluding hydrogens is 240 g/mol. The molecule has 1 unspecified atom stereocenters. The summed E-state index contributed by atoms with van der Waals surface area (Å²) in [6.07, 6.45) is 1.06. The van der Waals surface area contributed by atoms with E-state index in [4.69, 9.17) is 0 Å². The number of benzene rings is 1. The molecular formula is C15H24N2O2. The van der Waals surface area contributed by atoms with Crippen molar-refractivity contribution in [1.82, 2.24) is 5.32 Å². The van der Waals surface area contributed by atoms with Crippen molar-refractivity contribution in [2.75, 3.05) is 11.9 Å². The minimum atomic E-state index is -0.493. The molecule has 0 saturated carbocycles. The Kier molecular flexibility index (Phi) is 6.36. The lowest BCUT2D eigenvalue weighted by Crippen LogP contribution is -2.35. The van der Waals surface area contributed by atoms with Crippen molar-refractivity contribution in [1.29, 1.82) is 0 Å². The van der Waals surface area contributed by atoms with Crippen LogP contribution >= 0.6 is 0 Å². The molecule has 2 amide bonds. The summed E-state index contributed by atoms with van der Waals surface area (Å²) in [7, 11) is 0. The molecule has 0 aromatic heterocycles. The highest BCUT2D eigenvalue weighted by Gasteiger charge is 2.09. The molecule has 106 valence electrons. The van der Waals surface area contributed by atoms with Gasteiger partial charge in [0, 0.05) is 12.2 Å². The molecule has 0 aliphatic carbocycles. The number of aliphatic hydroxyl groups is 1. The average molecular weight is 264 g/mol. The maximum atomic E-state index is 11.7. The van der Waals surface area contributed by atoms with Gasteiger partial charge in [0.15, 0.2) is 0 Å². The van der Waals surface area contributed by atoms with Crippen molar-refractivity contribution in [2.24, 2.45) is 5.92 Å². The first-order chi connectivity index (χ1) is 9.02. The van der Waals surface area contributed by atoms with E-state index >= 15 is 0 Å². The van der Waals surface area contributed by atoms with Crippen molar-refractivity contribution < 1.29 is 9.90 Å². The van der Waals surface area contributed by atoms with Crippen molar-refractivity contribution in [3.63, 3.8) is 0 Å². The predicted octanol–water partition coefficient (Wildman–Crippen LogP) is 2.78. The van der Waals surface area contributed by atoms with Crippen LogP contribution in [0.5, 0.6) is 0 Å². The first-order valence-corrected chi connectivity index (χ1v) is 6.83. The van der Waals surface area contributed by atoms with Gasteiger partial charge in [0.1, 0.15) is 0 Å². The fourth-order valence-corrected chi connectivity index (χ4v) is 1.96. The summed E-state index contributed by atoms with van der Waals surface area (Å²) < 4.78 is 0. The zero-order valence-electron chi connectivity index (χ0n) is 11.9. The molecule has 1 aromatic carbocycles. The number of para-hydroxylation sites is 1. The highest BCUT2D eigenvalue weighted by Crippen LogP contribution is 2.15. The van der Waals surface area contributed by atoms with E-state index in [1.807, 2.05) is 45.0 Å². The maximum Gasteiger partial charge on any atom is 0.319 e. The van der Waals surface area contributed by atoms with E-state index in [2.05, 4.69) is 10.6 Å². The maximum absolute atomic E-state index is 11.7. The minimum Gasteiger partial charge on any atom is -0.391 e. The Morgan fingerprint density at radius 3 is 2.63 bits per heavy atom. The van der Waals surface area contributed by atoms with Crippen LogP contribution in [0.3, 0.4) is 0 Å². The zero-order chi connectivity index (χ0) is 14.3. The van der Waals surface area contributed by atoms with Crippen LogP contribution in [0.15, 0.2) is 24.3 Å². The molecule has 1 aromatic rings. The quantitative estimate of drug-likeness (QED) is 0.740. The SMILES string of the molecule is CCc1ccccc1NC(=O)NCC(O)CC(C)C.